The molecule has 0 spiro atoms. The molecule has 0 fully saturated rings. The van der Waals surface area contributed by atoms with Crippen LogP contribution in [-0.4, -0.2) is 24.5 Å². The van der Waals surface area contributed by atoms with Gasteiger partial charge in [0.1, 0.15) is 0 Å². The number of methoxy groups -OCH3 is 1. The van der Waals surface area contributed by atoms with E-state index in [0.717, 1.165) is 12.8 Å². The molecule has 7 nitrogen and oxygen atoms in total. The van der Waals surface area contributed by atoms with Crippen LogP contribution in [0, 0.1) is 17.0 Å². The molecule has 0 aliphatic rings. The number of unbranched alkanes of at least 4 members (excludes halogenated alkanes) is 1. The average Bonchev–Trinajstić information content (AvgIpc) is 2.63. The van der Waals surface area contributed by atoms with Crippen molar-refractivity contribution in [2.75, 3.05) is 19.0 Å². The summed E-state index contributed by atoms with van der Waals surface area (Å²) in [5.41, 5.74) is 1.21. The summed E-state index contributed by atoms with van der Waals surface area (Å²) in [4.78, 5) is 23.0. The van der Waals surface area contributed by atoms with Gasteiger partial charge in [0.05, 0.1) is 18.6 Å². The van der Waals surface area contributed by atoms with Crippen LogP contribution in [0.5, 0.6) is 11.5 Å². The lowest BCUT2D eigenvalue weighted by atomic mass is 10.1. The molecule has 1 amide bonds. The molecule has 26 heavy (non-hydrogen) atoms. The summed E-state index contributed by atoms with van der Waals surface area (Å²) in [5, 5.41) is 13.7. The molecule has 0 aromatic heterocycles. The molecule has 2 aromatic rings. The van der Waals surface area contributed by atoms with Gasteiger partial charge in [-0.05, 0) is 37.6 Å². The summed E-state index contributed by atoms with van der Waals surface area (Å²) in [6.45, 7) is 4.29. The first-order valence-corrected chi connectivity index (χ1v) is 8.33. The number of nitrogens with zero attached hydrogens (tertiary/aromatic N) is 1. The van der Waals surface area contributed by atoms with E-state index >= 15 is 0 Å². The fourth-order valence-electron chi connectivity index (χ4n) is 2.34. The molecule has 0 aliphatic carbocycles. The Morgan fingerprint density at radius 2 is 1.96 bits per heavy atom. The van der Waals surface area contributed by atoms with Crippen molar-refractivity contribution >= 4 is 17.3 Å². The summed E-state index contributed by atoms with van der Waals surface area (Å²) < 4.78 is 10.9. The Balaban J connectivity index is 2.17. The number of carbonyl (C=O) groups is 1. The molecule has 0 heterocycles. The van der Waals surface area contributed by atoms with Crippen molar-refractivity contribution in [3.8, 4) is 11.5 Å². The zero-order chi connectivity index (χ0) is 19.1. The number of hydrogen-bond donors (Lipinski definition) is 1. The quantitative estimate of drug-likeness (QED) is 0.430. The Labute approximate surface area is 152 Å². The molecular formula is C19H22N2O5. The van der Waals surface area contributed by atoms with Crippen molar-refractivity contribution in [1.29, 1.82) is 0 Å². The molecule has 1 N–H and O–H groups in total. The Hall–Kier alpha value is -3.09. The number of benzene rings is 2. The van der Waals surface area contributed by atoms with E-state index < -0.39 is 4.92 Å². The lowest BCUT2D eigenvalue weighted by Gasteiger charge is -2.12. The Morgan fingerprint density at radius 3 is 2.62 bits per heavy atom. The highest BCUT2D eigenvalue weighted by Crippen LogP contribution is 2.29. The number of nitro benzene ring substituents is 1. The summed E-state index contributed by atoms with van der Waals surface area (Å²) in [6, 6.07) is 9.45. The lowest BCUT2D eigenvalue weighted by Crippen LogP contribution is -2.12. The Kier molecular flexibility index (Phi) is 6.54. The smallest absolute Gasteiger partial charge is 0.274 e. The van der Waals surface area contributed by atoms with Crippen molar-refractivity contribution in [3.05, 3.63) is 57.6 Å². The van der Waals surface area contributed by atoms with Crippen LogP contribution in [0.3, 0.4) is 0 Å². The molecule has 138 valence electrons. The topological polar surface area (TPSA) is 90.7 Å². The number of aryl methyl sites for hydroxylation is 1. The number of amides is 1. The number of ether oxygens (including phenoxy) is 2. The van der Waals surface area contributed by atoms with Gasteiger partial charge in [-0.2, -0.15) is 0 Å². The fraction of sp³-hybridized carbons (Fsp3) is 0.316. The molecule has 0 atom stereocenters. The van der Waals surface area contributed by atoms with Crippen LogP contribution in [0.2, 0.25) is 0 Å². The van der Waals surface area contributed by atoms with E-state index in [2.05, 4.69) is 12.2 Å². The van der Waals surface area contributed by atoms with Crippen LogP contribution < -0.4 is 14.8 Å². The number of nitrogens with one attached hydrogen (secondary N) is 1. The molecule has 2 aromatic carbocycles. The molecule has 0 saturated carbocycles. The summed E-state index contributed by atoms with van der Waals surface area (Å²) >= 11 is 0. The third kappa shape index (κ3) is 4.72. The van der Waals surface area contributed by atoms with Crippen LogP contribution in [0.15, 0.2) is 36.4 Å². The number of anilines is 1. The predicted molar refractivity (Wildman–Crippen MR) is 99.2 cm³/mol. The zero-order valence-corrected chi connectivity index (χ0v) is 15.1. The van der Waals surface area contributed by atoms with Gasteiger partial charge in [0, 0.05) is 22.9 Å². The largest absolute Gasteiger partial charge is 0.493 e. The maximum Gasteiger partial charge on any atom is 0.274 e. The third-order valence-corrected chi connectivity index (χ3v) is 3.84. The van der Waals surface area contributed by atoms with Gasteiger partial charge < -0.3 is 14.8 Å². The first kappa shape index (κ1) is 19.2. The summed E-state index contributed by atoms with van der Waals surface area (Å²) in [7, 11) is 1.51. The van der Waals surface area contributed by atoms with Gasteiger partial charge in [0.15, 0.2) is 11.5 Å². The number of carbonyl (C=O) groups excluding carboxylic acids is 1. The van der Waals surface area contributed by atoms with Gasteiger partial charge in [-0.1, -0.05) is 19.4 Å². The average molecular weight is 358 g/mol. The first-order chi connectivity index (χ1) is 12.5. The molecule has 0 radical (unpaired) electrons. The van der Waals surface area contributed by atoms with Crippen LogP contribution in [0.1, 0.15) is 35.7 Å². The van der Waals surface area contributed by atoms with Crippen molar-refractivity contribution in [1.82, 2.24) is 0 Å². The van der Waals surface area contributed by atoms with Gasteiger partial charge in [-0.3, -0.25) is 14.9 Å². The van der Waals surface area contributed by atoms with E-state index in [9.17, 15) is 14.9 Å². The van der Waals surface area contributed by atoms with Gasteiger partial charge in [-0.15, -0.1) is 0 Å². The van der Waals surface area contributed by atoms with E-state index in [0.29, 0.717) is 34.9 Å². The van der Waals surface area contributed by atoms with Gasteiger partial charge >= 0.3 is 0 Å². The van der Waals surface area contributed by atoms with E-state index in [1.165, 1.54) is 13.2 Å². The maximum atomic E-state index is 12.4. The SMILES string of the molecule is CCCCOc1ccc(C(=O)Nc2ccc(C)c([N+](=O)[O-])c2)cc1OC. The first-order valence-electron chi connectivity index (χ1n) is 8.33. The van der Waals surface area contributed by atoms with Crippen molar-refractivity contribution in [2.24, 2.45) is 0 Å². The molecule has 0 aliphatic heterocycles. The minimum atomic E-state index is -0.476. The van der Waals surface area contributed by atoms with Gasteiger partial charge in [-0.25, -0.2) is 0 Å². The minimum absolute atomic E-state index is 0.0416. The summed E-state index contributed by atoms with van der Waals surface area (Å²) in [5.74, 6) is 0.647. The Bertz CT molecular complexity index is 805. The van der Waals surface area contributed by atoms with Crippen LogP contribution >= 0.6 is 0 Å². The number of rotatable bonds is 8. The van der Waals surface area contributed by atoms with Crippen molar-refractivity contribution < 1.29 is 19.2 Å². The highest BCUT2D eigenvalue weighted by molar-refractivity contribution is 6.04. The van der Waals surface area contributed by atoms with Crippen molar-refractivity contribution in [3.63, 3.8) is 0 Å². The molecular weight excluding hydrogens is 336 g/mol. The molecule has 0 unspecified atom stereocenters. The molecule has 2 rings (SSSR count). The van der Waals surface area contributed by atoms with E-state index in [-0.39, 0.29) is 11.6 Å². The van der Waals surface area contributed by atoms with E-state index in [1.54, 1.807) is 37.3 Å². The van der Waals surface area contributed by atoms with Crippen LogP contribution in [0.4, 0.5) is 11.4 Å². The highest BCUT2D eigenvalue weighted by Gasteiger charge is 2.15. The Morgan fingerprint density at radius 1 is 1.19 bits per heavy atom. The lowest BCUT2D eigenvalue weighted by molar-refractivity contribution is -0.385. The second-order valence-electron chi connectivity index (χ2n) is 5.78. The fourth-order valence-corrected chi connectivity index (χ4v) is 2.34. The van der Waals surface area contributed by atoms with E-state index in [1.807, 2.05) is 0 Å². The normalized spacial score (nSPS) is 10.3. The van der Waals surface area contributed by atoms with Crippen LogP contribution in [0.25, 0.3) is 0 Å². The highest BCUT2D eigenvalue weighted by atomic mass is 16.6. The molecule has 7 heteroatoms. The monoisotopic (exact) mass is 358 g/mol. The van der Waals surface area contributed by atoms with Crippen LogP contribution in [-0.2, 0) is 0 Å². The standard InChI is InChI=1S/C19H22N2O5/c1-4-5-10-26-17-9-7-14(11-18(17)25-3)19(22)20-15-8-6-13(2)16(12-15)21(23)24/h6-9,11-12H,4-5,10H2,1-3H3,(H,20,22). The van der Waals surface area contributed by atoms with Gasteiger partial charge in [0.25, 0.3) is 11.6 Å². The second kappa shape index (κ2) is 8.84. The number of nitro groups is 1. The molecule has 0 saturated heterocycles. The number of hydrogen-bond acceptors (Lipinski definition) is 5. The minimum Gasteiger partial charge on any atom is -0.493 e. The zero-order valence-electron chi connectivity index (χ0n) is 15.1. The van der Waals surface area contributed by atoms with Gasteiger partial charge in [0.2, 0.25) is 0 Å². The van der Waals surface area contributed by atoms with Crippen molar-refractivity contribution in [2.45, 2.75) is 26.7 Å². The molecule has 0 bridgehead atoms. The maximum absolute atomic E-state index is 12.4. The third-order valence-electron chi connectivity index (χ3n) is 3.84. The second-order valence-corrected chi connectivity index (χ2v) is 5.78. The van der Waals surface area contributed by atoms with E-state index in [4.69, 9.17) is 9.47 Å². The summed E-state index contributed by atoms with van der Waals surface area (Å²) in [6.07, 6.45) is 1.95. The predicted octanol–water partition coefficient (Wildman–Crippen LogP) is 4.34.